The van der Waals surface area contributed by atoms with Crippen LogP contribution in [0.4, 0.5) is 13.2 Å². The number of esters is 1. The highest BCUT2D eigenvalue weighted by atomic mass is 19.4. The largest absolute Gasteiger partial charge is 0.468 e. The van der Waals surface area contributed by atoms with Gasteiger partial charge < -0.3 is 4.74 Å². The normalized spacial score (nSPS) is 21.3. The van der Waals surface area contributed by atoms with E-state index in [0.29, 0.717) is 6.42 Å². The van der Waals surface area contributed by atoms with E-state index < -0.39 is 17.6 Å². The van der Waals surface area contributed by atoms with Crippen LogP contribution in [0.5, 0.6) is 0 Å². The van der Waals surface area contributed by atoms with Gasteiger partial charge in [-0.2, -0.15) is 13.2 Å². The molecule has 0 N–H and O–H groups in total. The van der Waals surface area contributed by atoms with E-state index in [9.17, 15) is 18.0 Å². The maximum atomic E-state index is 12.3. The van der Waals surface area contributed by atoms with Crippen molar-refractivity contribution in [2.24, 2.45) is 5.41 Å². The quantitative estimate of drug-likeness (QED) is 0.579. The molecule has 0 bridgehead atoms. The zero-order valence-corrected chi connectivity index (χ0v) is 6.57. The smallest absolute Gasteiger partial charge is 0.404 e. The molecule has 0 aromatic heterocycles. The number of halogens is 3. The summed E-state index contributed by atoms with van der Waals surface area (Å²) in [6, 6.07) is 0. The summed E-state index contributed by atoms with van der Waals surface area (Å²) in [6.45, 7) is 0. The Morgan fingerprint density at radius 1 is 1.42 bits per heavy atom. The van der Waals surface area contributed by atoms with E-state index in [1.165, 1.54) is 0 Å². The van der Waals surface area contributed by atoms with Crippen molar-refractivity contribution >= 4 is 5.97 Å². The Hall–Kier alpha value is -0.740. The van der Waals surface area contributed by atoms with E-state index in [1.807, 2.05) is 0 Å². The first-order chi connectivity index (χ1) is 5.44. The second-order valence-electron chi connectivity index (χ2n) is 2.93. The topological polar surface area (TPSA) is 26.3 Å². The number of alkyl halides is 3. The number of ether oxygens (including phenoxy) is 1. The molecule has 1 rings (SSSR count). The van der Waals surface area contributed by atoms with Crippen LogP contribution in [-0.4, -0.2) is 19.3 Å². The summed E-state index contributed by atoms with van der Waals surface area (Å²) in [5, 5.41) is 0. The van der Waals surface area contributed by atoms with Gasteiger partial charge in [-0.05, 0) is 12.8 Å². The summed E-state index contributed by atoms with van der Waals surface area (Å²) < 4.78 is 41.0. The maximum absolute atomic E-state index is 12.3. The summed E-state index contributed by atoms with van der Waals surface area (Å²) in [7, 11) is 0.980. The SMILES string of the molecule is COC(=O)C1(C(F)(F)F)CCC1. The molecule has 0 unspecified atom stereocenters. The molecule has 1 saturated carbocycles. The van der Waals surface area contributed by atoms with Crippen LogP contribution in [0.25, 0.3) is 0 Å². The zero-order valence-electron chi connectivity index (χ0n) is 6.57. The van der Waals surface area contributed by atoms with Gasteiger partial charge in [-0.1, -0.05) is 6.42 Å². The van der Waals surface area contributed by atoms with E-state index in [1.54, 1.807) is 0 Å². The van der Waals surface area contributed by atoms with Crippen molar-refractivity contribution in [3.63, 3.8) is 0 Å². The predicted octanol–water partition coefficient (Wildman–Crippen LogP) is 1.89. The molecule has 0 spiro atoms. The summed E-state index contributed by atoms with van der Waals surface area (Å²) in [6.07, 6.45) is -4.29. The second-order valence-corrected chi connectivity index (χ2v) is 2.93. The molecule has 0 heterocycles. The maximum Gasteiger partial charge on any atom is 0.404 e. The molecular weight excluding hydrogens is 173 g/mol. The van der Waals surface area contributed by atoms with Gasteiger partial charge in [0.2, 0.25) is 0 Å². The average molecular weight is 182 g/mol. The van der Waals surface area contributed by atoms with Crippen LogP contribution in [-0.2, 0) is 9.53 Å². The third-order valence-corrected chi connectivity index (χ3v) is 2.33. The number of hydrogen-bond donors (Lipinski definition) is 0. The molecule has 5 heteroatoms. The summed E-state index contributed by atoms with van der Waals surface area (Å²) in [5.41, 5.74) is -2.19. The highest BCUT2D eigenvalue weighted by Crippen LogP contribution is 2.53. The molecule has 0 amide bonds. The molecule has 0 radical (unpaired) electrons. The highest BCUT2D eigenvalue weighted by Gasteiger charge is 2.64. The Morgan fingerprint density at radius 2 is 1.92 bits per heavy atom. The highest BCUT2D eigenvalue weighted by molar-refractivity contribution is 5.78. The summed E-state index contributed by atoms with van der Waals surface area (Å²) in [4.78, 5) is 10.8. The molecule has 12 heavy (non-hydrogen) atoms. The van der Waals surface area contributed by atoms with Gasteiger partial charge in [0.1, 0.15) is 0 Å². The van der Waals surface area contributed by atoms with Gasteiger partial charge in [0.25, 0.3) is 0 Å². The van der Waals surface area contributed by atoms with Gasteiger partial charge in [-0.25, -0.2) is 0 Å². The lowest BCUT2D eigenvalue weighted by molar-refractivity contribution is -0.253. The molecule has 1 fully saturated rings. The fourth-order valence-corrected chi connectivity index (χ4v) is 1.33. The van der Waals surface area contributed by atoms with Crippen LogP contribution in [0.3, 0.4) is 0 Å². The van der Waals surface area contributed by atoms with Crippen molar-refractivity contribution in [3.05, 3.63) is 0 Å². The first kappa shape index (κ1) is 9.35. The summed E-state index contributed by atoms with van der Waals surface area (Å²) in [5.74, 6) is -1.15. The molecule has 0 aromatic rings. The third kappa shape index (κ3) is 1.07. The fourth-order valence-electron chi connectivity index (χ4n) is 1.33. The van der Waals surface area contributed by atoms with E-state index in [-0.39, 0.29) is 12.8 Å². The number of carbonyl (C=O) groups excluding carboxylic acids is 1. The van der Waals surface area contributed by atoms with Gasteiger partial charge in [-0.15, -0.1) is 0 Å². The summed E-state index contributed by atoms with van der Waals surface area (Å²) >= 11 is 0. The van der Waals surface area contributed by atoms with Crippen molar-refractivity contribution in [1.29, 1.82) is 0 Å². The Labute approximate surface area is 67.7 Å². The lowest BCUT2D eigenvalue weighted by Gasteiger charge is -2.39. The molecule has 2 nitrogen and oxygen atoms in total. The lowest BCUT2D eigenvalue weighted by Crippen LogP contribution is -2.50. The molecule has 1 aliphatic rings. The Bertz CT molecular complexity index is 193. The average Bonchev–Trinajstić information content (AvgIpc) is 1.81. The fraction of sp³-hybridized carbons (Fsp3) is 0.857. The second kappa shape index (κ2) is 2.64. The van der Waals surface area contributed by atoms with Crippen LogP contribution in [0.1, 0.15) is 19.3 Å². The van der Waals surface area contributed by atoms with E-state index in [0.717, 1.165) is 7.11 Å². The molecular formula is C7H9F3O2. The number of hydrogen-bond acceptors (Lipinski definition) is 2. The van der Waals surface area contributed by atoms with Crippen LogP contribution >= 0.6 is 0 Å². The van der Waals surface area contributed by atoms with Gasteiger partial charge >= 0.3 is 12.1 Å². The van der Waals surface area contributed by atoms with Crippen LogP contribution in [0, 0.1) is 5.41 Å². The minimum absolute atomic E-state index is 0.136. The first-order valence-corrected chi connectivity index (χ1v) is 3.59. The number of carbonyl (C=O) groups is 1. The lowest BCUT2D eigenvalue weighted by atomic mass is 9.68. The predicted molar refractivity (Wildman–Crippen MR) is 34.4 cm³/mol. The molecule has 0 atom stereocenters. The molecule has 70 valence electrons. The van der Waals surface area contributed by atoms with Gasteiger partial charge in [0, 0.05) is 0 Å². The Balaban J connectivity index is 2.83. The van der Waals surface area contributed by atoms with Gasteiger partial charge in [-0.3, -0.25) is 4.79 Å². The minimum Gasteiger partial charge on any atom is -0.468 e. The monoisotopic (exact) mass is 182 g/mol. The molecule has 0 saturated heterocycles. The van der Waals surface area contributed by atoms with Gasteiger partial charge in [0.05, 0.1) is 7.11 Å². The zero-order chi connectivity index (χ0) is 9.41. The third-order valence-electron chi connectivity index (χ3n) is 2.33. The van der Waals surface area contributed by atoms with Gasteiger partial charge in [0.15, 0.2) is 5.41 Å². The Morgan fingerprint density at radius 3 is 2.00 bits per heavy atom. The van der Waals surface area contributed by atoms with Crippen molar-refractivity contribution < 1.29 is 22.7 Å². The van der Waals surface area contributed by atoms with E-state index in [2.05, 4.69) is 4.74 Å². The molecule has 0 aliphatic heterocycles. The van der Waals surface area contributed by atoms with Crippen LogP contribution in [0.2, 0.25) is 0 Å². The van der Waals surface area contributed by atoms with Crippen molar-refractivity contribution in [2.75, 3.05) is 7.11 Å². The van der Waals surface area contributed by atoms with E-state index in [4.69, 9.17) is 0 Å². The standard InChI is InChI=1S/C7H9F3O2/c1-12-5(11)6(3-2-4-6)7(8,9)10/h2-4H2,1H3. The Kier molecular flexibility index (Phi) is 2.06. The van der Waals surface area contributed by atoms with Crippen LogP contribution < -0.4 is 0 Å². The van der Waals surface area contributed by atoms with Crippen molar-refractivity contribution in [3.8, 4) is 0 Å². The molecule has 0 aromatic carbocycles. The van der Waals surface area contributed by atoms with Crippen molar-refractivity contribution in [2.45, 2.75) is 25.4 Å². The van der Waals surface area contributed by atoms with Crippen LogP contribution in [0.15, 0.2) is 0 Å². The first-order valence-electron chi connectivity index (χ1n) is 3.59. The minimum atomic E-state index is -4.46. The number of rotatable bonds is 1. The van der Waals surface area contributed by atoms with E-state index >= 15 is 0 Å². The number of methoxy groups -OCH3 is 1. The molecule has 1 aliphatic carbocycles. The van der Waals surface area contributed by atoms with Crippen molar-refractivity contribution in [1.82, 2.24) is 0 Å².